The Morgan fingerprint density at radius 1 is 0.615 bits per heavy atom. The average Bonchev–Trinajstić information content (AvgIpc) is 3.01. The van der Waals surface area contributed by atoms with Gasteiger partial charge in [0.05, 0.1) is 0 Å². The van der Waals surface area contributed by atoms with E-state index in [9.17, 15) is 9.59 Å². The number of amides is 2. The third-order valence-corrected chi connectivity index (χ3v) is 5.71. The number of hydrogen-bond acceptors (Lipinski definition) is 6. The molecule has 1 aromatic heterocycles. The number of hydrogen-bond donors (Lipinski definition) is 3. The molecule has 0 saturated heterocycles. The summed E-state index contributed by atoms with van der Waals surface area (Å²) in [6, 6.07) is 37.1. The van der Waals surface area contributed by atoms with Crippen LogP contribution in [0.1, 0.15) is 15.9 Å². The zero-order chi connectivity index (χ0) is 26.9. The number of carbonyl (C=O) groups excluding carboxylic acids is 2. The van der Waals surface area contributed by atoms with Crippen LogP contribution in [0.25, 0.3) is 28.6 Å². The van der Waals surface area contributed by atoms with E-state index in [1.165, 1.54) is 0 Å². The Hall–Kier alpha value is -5.63. The second kappa shape index (κ2) is 12.1. The lowest BCUT2D eigenvalue weighted by molar-refractivity contribution is -0.117. The molecular formula is C31H24N6O2. The first-order chi connectivity index (χ1) is 19.2. The highest BCUT2D eigenvalue weighted by Gasteiger charge is 2.17. The van der Waals surface area contributed by atoms with Gasteiger partial charge < -0.3 is 5.32 Å². The zero-order valence-electron chi connectivity index (χ0n) is 20.8. The highest BCUT2D eigenvalue weighted by molar-refractivity contribution is 6.05. The predicted octanol–water partition coefficient (Wildman–Crippen LogP) is 5.12. The van der Waals surface area contributed by atoms with Gasteiger partial charge in [-0.2, -0.15) is 0 Å². The van der Waals surface area contributed by atoms with E-state index in [0.717, 1.165) is 16.7 Å². The molecule has 0 aliphatic heterocycles. The molecule has 0 spiro atoms. The largest absolute Gasteiger partial charge is 0.317 e. The highest BCUT2D eigenvalue weighted by atomic mass is 16.2. The summed E-state index contributed by atoms with van der Waals surface area (Å²) < 4.78 is 0. The van der Waals surface area contributed by atoms with Gasteiger partial charge in [-0.3, -0.25) is 20.4 Å². The first-order valence-electron chi connectivity index (χ1n) is 12.2. The molecule has 5 rings (SSSR count). The lowest BCUT2D eigenvalue weighted by atomic mass is 10.0. The van der Waals surface area contributed by atoms with Gasteiger partial charge in [0.2, 0.25) is 0 Å². The van der Waals surface area contributed by atoms with Crippen LogP contribution in [0.4, 0.5) is 5.95 Å². The summed E-state index contributed by atoms with van der Waals surface area (Å²) >= 11 is 0. The number of nitrogens with zero attached hydrogens (tertiary/aromatic N) is 3. The standard InChI is InChI=1S/C31H24N6O2/c38-29(25-19-11-4-12-20-25)32-26(21-22-13-5-1-6-14-22)30(39)35-37-31-33-27(23-15-7-2-8-16-23)28(34-36-31)24-17-9-3-10-18-24/h1-21H,(H,32,38)(H,35,39)(H,33,36,37)/b26-21-. The Morgan fingerprint density at radius 3 is 1.77 bits per heavy atom. The van der Waals surface area contributed by atoms with Crippen molar-refractivity contribution in [3.8, 4) is 22.5 Å². The minimum Gasteiger partial charge on any atom is -0.317 e. The second-order valence-electron chi connectivity index (χ2n) is 8.43. The SMILES string of the molecule is O=C(NNc1nnc(-c2ccccc2)c(-c2ccccc2)n1)/C(=C/c1ccccc1)NC(=O)c1ccccc1. The molecule has 0 bridgehead atoms. The Bertz CT molecular complexity index is 1590. The van der Waals surface area contributed by atoms with Crippen molar-refractivity contribution in [3.63, 3.8) is 0 Å². The minimum absolute atomic E-state index is 0.0414. The zero-order valence-corrected chi connectivity index (χ0v) is 20.8. The lowest BCUT2D eigenvalue weighted by Crippen LogP contribution is -2.38. The summed E-state index contributed by atoms with van der Waals surface area (Å²) in [5.74, 6) is -0.903. The molecule has 4 aromatic carbocycles. The number of rotatable bonds is 8. The predicted molar refractivity (Wildman–Crippen MR) is 151 cm³/mol. The van der Waals surface area contributed by atoms with Crippen LogP contribution in [-0.2, 0) is 4.79 Å². The molecule has 1 heterocycles. The van der Waals surface area contributed by atoms with E-state index in [2.05, 4.69) is 31.3 Å². The Kier molecular flexibility index (Phi) is 7.75. The van der Waals surface area contributed by atoms with E-state index in [4.69, 9.17) is 0 Å². The summed E-state index contributed by atoms with van der Waals surface area (Å²) in [7, 11) is 0. The molecule has 190 valence electrons. The molecule has 39 heavy (non-hydrogen) atoms. The van der Waals surface area contributed by atoms with Gasteiger partial charge in [0.15, 0.2) is 0 Å². The van der Waals surface area contributed by atoms with E-state index in [1.54, 1.807) is 30.3 Å². The van der Waals surface area contributed by atoms with E-state index in [0.29, 0.717) is 17.0 Å². The van der Waals surface area contributed by atoms with Crippen LogP contribution < -0.4 is 16.2 Å². The van der Waals surface area contributed by atoms with Crippen LogP contribution in [0.5, 0.6) is 0 Å². The van der Waals surface area contributed by atoms with E-state index >= 15 is 0 Å². The molecule has 0 radical (unpaired) electrons. The lowest BCUT2D eigenvalue weighted by Gasteiger charge is -2.13. The maximum atomic E-state index is 13.2. The van der Waals surface area contributed by atoms with Crippen LogP contribution in [0.15, 0.2) is 127 Å². The van der Waals surface area contributed by atoms with Crippen molar-refractivity contribution in [3.05, 3.63) is 138 Å². The Morgan fingerprint density at radius 2 is 1.15 bits per heavy atom. The number of benzene rings is 4. The van der Waals surface area contributed by atoms with Crippen LogP contribution in [0.2, 0.25) is 0 Å². The molecule has 3 N–H and O–H groups in total. The monoisotopic (exact) mass is 512 g/mol. The summed E-state index contributed by atoms with van der Waals surface area (Å²) in [4.78, 5) is 30.6. The Labute approximate surface area is 225 Å². The average molecular weight is 513 g/mol. The topological polar surface area (TPSA) is 109 Å². The van der Waals surface area contributed by atoms with Gasteiger partial charge >= 0.3 is 0 Å². The molecule has 0 fully saturated rings. The normalized spacial score (nSPS) is 10.9. The van der Waals surface area contributed by atoms with E-state index < -0.39 is 11.8 Å². The van der Waals surface area contributed by atoms with Crippen molar-refractivity contribution in [2.24, 2.45) is 0 Å². The maximum absolute atomic E-state index is 13.2. The molecule has 8 heteroatoms. The van der Waals surface area contributed by atoms with Gasteiger partial charge in [-0.15, -0.1) is 10.2 Å². The molecule has 0 unspecified atom stereocenters. The van der Waals surface area contributed by atoms with Crippen LogP contribution in [0, 0.1) is 0 Å². The number of anilines is 1. The van der Waals surface area contributed by atoms with E-state index in [-0.39, 0.29) is 11.6 Å². The number of aromatic nitrogens is 3. The first-order valence-corrected chi connectivity index (χ1v) is 12.2. The third-order valence-electron chi connectivity index (χ3n) is 5.71. The van der Waals surface area contributed by atoms with E-state index in [1.807, 2.05) is 97.1 Å². The summed E-state index contributed by atoms with van der Waals surface area (Å²) in [6.07, 6.45) is 1.59. The third kappa shape index (κ3) is 6.39. The molecule has 5 aromatic rings. The van der Waals surface area contributed by atoms with Crippen molar-refractivity contribution < 1.29 is 9.59 Å². The van der Waals surface area contributed by atoms with Crippen LogP contribution in [-0.4, -0.2) is 27.0 Å². The van der Waals surface area contributed by atoms with Crippen molar-refractivity contribution in [2.45, 2.75) is 0 Å². The molecule has 8 nitrogen and oxygen atoms in total. The molecular weight excluding hydrogens is 488 g/mol. The number of hydrazine groups is 1. The fourth-order valence-corrected chi connectivity index (χ4v) is 3.80. The molecule has 0 aliphatic rings. The summed E-state index contributed by atoms with van der Waals surface area (Å²) in [5.41, 5.74) is 9.45. The highest BCUT2D eigenvalue weighted by Crippen LogP contribution is 2.28. The summed E-state index contributed by atoms with van der Waals surface area (Å²) in [6.45, 7) is 0. The quantitative estimate of drug-likeness (QED) is 0.197. The van der Waals surface area contributed by atoms with Crippen molar-refractivity contribution in [2.75, 3.05) is 5.43 Å². The molecule has 0 saturated carbocycles. The van der Waals surface area contributed by atoms with Gasteiger partial charge in [0.25, 0.3) is 17.8 Å². The maximum Gasteiger partial charge on any atom is 0.286 e. The van der Waals surface area contributed by atoms with Gasteiger partial charge in [-0.25, -0.2) is 4.98 Å². The van der Waals surface area contributed by atoms with Crippen molar-refractivity contribution in [1.82, 2.24) is 25.9 Å². The van der Waals surface area contributed by atoms with Gasteiger partial charge in [0, 0.05) is 16.7 Å². The smallest absolute Gasteiger partial charge is 0.286 e. The summed E-state index contributed by atoms with van der Waals surface area (Å²) in [5, 5.41) is 11.3. The fourth-order valence-electron chi connectivity index (χ4n) is 3.80. The molecule has 0 aliphatic carbocycles. The number of nitrogens with one attached hydrogen (secondary N) is 3. The molecule has 2 amide bonds. The Balaban J connectivity index is 1.40. The van der Waals surface area contributed by atoms with Crippen LogP contribution >= 0.6 is 0 Å². The van der Waals surface area contributed by atoms with Gasteiger partial charge in [0.1, 0.15) is 17.1 Å². The minimum atomic E-state index is -0.583. The van der Waals surface area contributed by atoms with Crippen molar-refractivity contribution >= 4 is 23.8 Å². The van der Waals surface area contributed by atoms with Gasteiger partial charge in [-0.1, -0.05) is 109 Å². The van der Waals surface area contributed by atoms with Crippen molar-refractivity contribution in [1.29, 1.82) is 0 Å². The second-order valence-corrected chi connectivity index (χ2v) is 8.43. The molecule has 0 atom stereocenters. The first kappa shape index (κ1) is 25.0. The fraction of sp³-hybridized carbons (Fsp3) is 0. The van der Waals surface area contributed by atoms with Gasteiger partial charge in [-0.05, 0) is 23.8 Å². The number of carbonyl (C=O) groups is 2. The van der Waals surface area contributed by atoms with Crippen LogP contribution in [0.3, 0.4) is 0 Å².